The van der Waals surface area contributed by atoms with Crippen LogP contribution in [0.2, 0.25) is 0 Å². The van der Waals surface area contributed by atoms with Crippen molar-refractivity contribution in [2.45, 2.75) is 45.8 Å². The predicted molar refractivity (Wildman–Crippen MR) is 95.4 cm³/mol. The number of carbonyl (C=O) groups is 1. The number of ether oxygens (including phenoxy) is 1. The largest absolute Gasteiger partial charge is 0.444 e. The first-order chi connectivity index (χ1) is 10.9. The summed E-state index contributed by atoms with van der Waals surface area (Å²) >= 11 is 0. The molecule has 0 aliphatic rings. The summed E-state index contributed by atoms with van der Waals surface area (Å²) in [5.74, 6) is -0.0728. The third kappa shape index (κ3) is 9.36. The highest BCUT2D eigenvalue weighted by Gasteiger charge is 2.17. The number of rotatable bonds is 7. The van der Waals surface area contributed by atoms with Gasteiger partial charge in [0.15, 0.2) is 0 Å². The lowest BCUT2D eigenvalue weighted by Gasteiger charge is -2.22. The predicted octanol–water partition coefficient (Wildman–Crippen LogP) is 1.84. The van der Waals surface area contributed by atoms with Gasteiger partial charge in [0.25, 0.3) is 0 Å². The Hall–Kier alpha value is -1.80. The SMILES string of the molecule is CC(CNc1ccc(CCS(N)(=O)=O)cc1)NC(=O)OC(C)(C)C. The Morgan fingerprint density at radius 3 is 2.33 bits per heavy atom. The van der Waals surface area contributed by atoms with Gasteiger partial charge in [-0.25, -0.2) is 18.4 Å². The first kappa shape index (κ1) is 20.2. The molecule has 0 bridgehead atoms. The molecule has 0 saturated carbocycles. The van der Waals surface area contributed by atoms with Crippen molar-refractivity contribution in [3.05, 3.63) is 29.8 Å². The summed E-state index contributed by atoms with van der Waals surface area (Å²) in [5.41, 5.74) is 1.26. The Morgan fingerprint density at radius 2 is 1.83 bits per heavy atom. The van der Waals surface area contributed by atoms with Crippen molar-refractivity contribution >= 4 is 21.8 Å². The molecule has 1 aromatic carbocycles. The molecule has 0 aliphatic carbocycles. The molecule has 24 heavy (non-hydrogen) atoms. The van der Waals surface area contributed by atoms with E-state index in [0.717, 1.165) is 11.3 Å². The van der Waals surface area contributed by atoms with Crippen molar-refractivity contribution in [3.8, 4) is 0 Å². The van der Waals surface area contributed by atoms with Gasteiger partial charge in [-0.2, -0.15) is 0 Å². The molecule has 0 spiro atoms. The second kappa shape index (κ2) is 8.34. The number of hydrogen-bond acceptors (Lipinski definition) is 5. The van der Waals surface area contributed by atoms with Gasteiger partial charge in [0.05, 0.1) is 5.75 Å². The number of sulfonamides is 1. The number of alkyl carbamates (subject to hydrolysis) is 1. The molecule has 0 aliphatic heterocycles. The number of aryl methyl sites for hydroxylation is 1. The van der Waals surface area contributed by atoms with Crippen LogP contribution in [0.3, 0.4) is 0 Å². The summed E-state index contributed by atoms with van der Waals surface area (Å²) in [6.45, 7) is 7.85. The van der Waals surface area contributed by atoms with Crippen LogP contribution in [0, 0.1) is 0 Å². The summed E-state index contributed by atoms with van der Waals surface area (Å²) < 4.78 is 27.1. The van der Waals surface area contributed by atoms with E-state index >= 15 is 0 Å². The van der Waals surface area contributed by atoms with E-state index in [4.69, 9.17) is 9.88 Å². The molecule has 1 atom stereocenters. The van der Waals surface area contributed by atoms with E-state index in [9.17, 15) is 13.2 Å². The standard InChI is InChI=1S/C16H27N3O4S/c1-12(19-15(20)23-16(2,3)4)11-18-14-7-5-13(6-8-14)9-10-24(17,21)22/h5-8,12,18H,9-11H2,1-4H3,(H,19,20)(H2,17,21,22). The Balaban J connectivity index is 2.40. The monoisotopic (exact) mass is 357 g/mol. The fraction of sp³-hybridized carbons (Fsp3) is 0.562. The van der Waals surface area contributed by atoms with Gasteiger partial charge in [0, 0.05) is 18.3 Å². The van der Waals surface area contributed by atoms with Crippen LogP contribution in [0.1, 0.15) is 33.3 Å². The smallest absolute Gasteiger partial charge is 0.407 e. The molecule has 1 amide bonds. The van der Waals surface area contributed by atoms with E-state index < -0.39 is 21.7 Å². The summed E-state index contributed by atoms with van der Waals surface area (Å²) in [6.07, 6.45) is -0.0643. The van der Waals surface area contributed by atoms with Crippen LogP contribution in [0.4, 0.5) is 10.5 Å². The number of benzene rings is 1. The molecule has 136 valence electrons. The molecule has 1 rings (SSSR count). The minimum atomic E-state index is -3.45. The number of carbonyl (C=O) groups excluding carboxylic acids is 1. The second-order valence-corrected chi connectivity index (χ2v) is 8.48. The quantitative estimate of drug-likeness (QED) is 0.689. The van der Waals surface area contributed by atoms with Crippen molar-refractivity contribution < 1.29 is 17.9 Å². The lowest BCUT2D eigenvalue weighted by atomic mass is 10.1. The van der Waals surface area contributed by atoms with Gasteiger partial charge in [-0.15, -0.1) is 0 Å². The molecule has 1 aromatic rings. The highest BCUT2D eigenvalue weighted by molar-refractivity contribution is 7.89. The average Bonchev–Trinajstić information content (AvgIpc) is 2.41. The third-order valence-corrected chi connectivity index (χ3v) is 3.78. The van der Waals surface area contributed by atoms with E-state index in [2.05, 4.69) is 10.6 Å². The van der Waals surface area contributed by atoms with Crippen LogP contribution in [0.5, 0.6) is 0 Å². The van der Waals surface area contributed by atoms with Crippen LogP contribution < -0.4 is 15.8 Å². The minimum Gasteiger partial charge on any atom is -0.444 e. The van der Waals surface area contributed by atoms with Gasteiger partial charge >= 0.3 is 6.09 Å². The van der Waals surface area contributed by atoms with Gasteiger partial charge < -0.3 is 15.4 Å². The van der Waals surface area contributed by atoms with E-state index in [1.54, 1.807) is 0 Å². The molecule has 0 saturated heterocycles. The zero-order valence-corrected chi connectivity index (χ0v) is 15.4. The molecule has 4 N–H and O–H groups in total. The molecular weight excluding hydrogens is 330 g/mol. The maximum atomic E-state index is 11.7. The van der Waals surface area contributed by atoms with E-state index in [1.165, 1.54) is 0 Å². The topological polar surface area (TPSA) is 111 Å². The molecule has 0 heterocycles. The third-order valence-electron chi connectivity index (χ3n) is 3.00. The Morgan fingerprint density at radius 1 is 1.25 bits per heavy atom. The molecule has 1 unspecified atom stereocenters. The van der Waals surface area contributed by atoms with Crippen LogP contribution in [-0.4, -0.2) is 38.5 Å². The molecule has 7 nitrogen and oxygen atoms in total. The number of hydrogen-bond donors (Lipinski definition) is 3. The number of amides is 1. The van der Waals surface area contributed by atoms with Crippen molar-refractivity contribution in [1.29, 1.82) is 0 Å². The van der Waals surface area contributed by atoms with Crippen LogP contribution in [0.25, 0.3) is 0 Å². The molecule has 0 fully saturated rings. The fourth-order valence-corrected chi connectivity index (χ4v) is 2.40. The van der Waals surface area contributed by atoms with Gasteiger partial charge in [-0.3, -0.25) is 0 Å². The Bertz CT molecular complexity index is 636. The molecular formula is C16H27N3O4S. The average molecular weight is 357 g/mol. The van der Waals surface area contributed by atoms with Gasteiger partial charge in [0.1, 0.15) is 5.60 Å². The highest BCUT2D eigenvalue weighted by Crippen LogP contribution is 2.11. The van der Waals surface area contributed by atoms with Crippen LogP contribution in [-0.2, 0) is 21.2 Å². The van der Waals surface area contributed by atoms with Crippen LogP contribution >= 0.6 is 0 Å². The highest BCUT2D eigenvalue weighted by atomic mass is 32.2. The second-order valence-electron chi connectivity index (χ2n) is 6.74. The van der Waals surface area contributed by atoms with Crippen molar-refractivity contribution in [2.75, 3.05) is 17.6 Å². The Kier molecular flexibility index (Phi) is 7.04. The summed E-state index contributed by atoms with van der Waals surface area (Å²) in [5, 5.41) is 10.9. The van der Waals surface area contributed by atoms with Gasteiger partial charge in [-0.05, 0) is 51.8 Å². The van der Waals surface area contributed by atoms with Gasteiger partial charge in [-0.1, -0.05) is 12.1 Å². The lowest BCUT2D eigenvalue weighted by molar-refractivity contribution is 0.0511. The van der Waals surface area contributed by atoms with Crippen molar-refractivity contribution in [3.63, 3.8) is 0 Å². The first-order valence-corrected chi connectivity index (χ1v) is 9.49. The maximum absolute atomic E-state index is 11.7. The number of nitrogens with one attached hydrogen (secondary N) is 2. The molecule has 0 aromatic heterocycles. The Labute approximate surface area is 144 Å². The fourth-order valence-electron chi connectivity index (χ4n) is 1.88. The van der Waals surface area contributed by atoms with E-state index in [-0.39, 0.29) is 11.8 Å². The normalized spacial score (nSPS) is 13.2. The molecule has 0 radical (unpaired) electrons. The summed E-state index contributed by atoms with van der Waals surface area (Å²) in [7, 11) is -3.45. The number of nitrogens with two attached hydrogens (primary N) is 1. The number of anilines is 1. The van der Waals surface area contributed by atoms with Gasteiger partial charge in [0.2, 0.25) is 10.0 Å². The first-order valence-electron chi connectivity index (χ1n) is 7.77. The summed E-state index contributed by atoms with van der Waals surface area (Å²) in [4.78, 5) is 11.7. The lowest BCUT2D eigenvalue weighted by Crippen LogP contribution is -2.40. The zero-order chi connectivity index (χ0) is 18.4. The molecule has 8 heteroatoms. The van der Waals surface area contributed by atoms with Crippen molar-refractivity contribution in [1.82, 2.24) is 5.32 Å². The number of primary sulfonamides is 1. The van der Waals surface area contributed by atoms with Crippen LogP contribution in [0.15, 0.2) is 24.3 Å². The zero-order valence-electron chi connectivity index (χ0n) is 14.6. The maximum Gasteiger partial charge on any atom is 0.407 e. The summed E-state index contributed by atoms with van der Waals surface area (Å²) in [6, 6.07) is 7.30. The van der Waals surface area contributed by atoms with E-state index in [0.29, 0.717) is 13.0 Å². The van der Waals surface area contributed by atoms with E-state index in [1.807, 2.05) is 52.0 Å². The minimum absolute atomic E-state index is 0.0728. The van der Waals surface area contributed by atoms with Crippen molar-refractivity contribution in [2.24, 2.45) is 5.14 Å².